The molecule has 11 atom stereocenters. The Labute approximate surface area is 309 Å². The van der Waals surface area contributed by atoms with E-state index >= 15 is 0 Å². The number of aliphatic hydroxyl groups excluding tert-OH is 1. The van der Waals surface area contributed by atoms with Crippen molar-refractivity contribution in [2.75, 3.05) is 19.8 Å². The van der Waals surface area contributed by atoms with Gasteiger partial charge < -0.3 is 53.1 Å². The zero-order valence-corrected chi connectivity index (χ0v) is 29.8. The SMILES string of the molecule is C=CCO[C@@H]1OC(CO)C(O[C@@H]2OC3COC(c4ccccc4)O[C@@H]3C(OCc3ccccc3)C2NC(C)=O)C(OCc2ccccc2)C1OC(C)=O. The maximum atomic E-state index is 12.9. The Balaban J connectivity index is 1.34. The number of carbonyl (C=O) groups excluding carboxylic acids is 2. The van der Waals surface area contributed by atoms with Crippen LogP contribution < -0.4 is 5.32 Å². The predicted molar refractivity (Wildman–Crippen MR) is 189 cm³/mol. The number of aliphatic hydroxyl groups is 1. The molecule has 8 unspecified atom stereocenters. The van der Waals surface area contributed by atoms with Crippen LogP contribution in [-0.2, 0) is 65.4 Å². The monoisotopic (exact) mass is 733 g/mol. The van der Waals surface area contributed by atoms with E-state index in [2.05, 4.69) is 11.9 Å². The lowest BCUT2D eigenvalue weighted by Gasteiger charge is -2.51. The lowest BCUT2D eigenvalue weighted by Crippen LogP contribution is -2.69. The molecule has 0 saturated carbocycles. The first-order valence-electron chi connectivity index (χ1n) is 17.7. The molecule has 0 aromatic heterocycles. The second-order valence-corrected chi connectivity index (χ2v) is 13.0. The molecule has 284 valence electrons. The fraction of sp³-hybridized carbons (Fsp3) is 0.450. The van der Waals surface area contributed by atoms with E-state index in [1.165, 1.54) is 19.9 Å². The average molecular weight is 734 g/mol. The van der Waals surface area contributed by atoms with Crippen molar-refractivity contribution in [1.82, 2.24) is 5.32 Å². The molecule has 3 aliphatic heterocycles. The Kier molecular flexibility index (Phi) is 13.8. The number of ether oxygens (including phenoxy) is 9. The summed E-state index contributed by atoms with van der Waals surface area (Å²) in [6.07, 6.45) is -8.01. The van der Waals surface area contributed by atoms with E-state index < -0.39 is 80.2 Å². The molecule has 3 heterocycles. The first-order chi connectivity index (χ1) is 25.8. The largest absolute Gasteiger partial charge is 0.454 e. The van der Waals surface area contributed by atoms with Crippen LogP contribution in [0.1, 0.15) is 36.8 Å². The summed E-state index contributed by atoms with van der Waals surface area (Å²) in [5.74, 6) is -0.969. The van der Waals surface area contributed by atoms with Crippen molar-refractivity contribution in [3.8, 4) is 0 Å². The Hall–Kier alpha value is -4.02. The summed E-state index contributed by atoms with van der Waals surface area (Å²) < 4.78 is 56.9. The predicted octanol–water partition coefficient (Wildman–Crippen LogP) is 3.74. The molecular formula is C40H47NO12. The van der Waals surface area contributed by atoms with Gasteiger partial charge in [0.2, 0.25) is 5.91 Å². The van der Waals surface area contributed by atoms with E-state index in [4.69, 9.17) is 42.6 Å². The van der Waals surface area contributed by atoms with Crippen LogP contribution in [0.2, 0.25) is 0 Å². The third-order valence-electron chi connectivity index (χ3n) is 9.09. The van der Waals surface area contributed by atoms with Gasteiger partial charge in [0, 0.05) is 19.4 Å². The van der Waals surface area contributed by atoms with Gasteiger partial charge >= 0.3 is 5.97 Å². The van der Waals surface area contributed by atoms with Crippen LogP contribution in [-0.4, -0.2) is 98.2 Å². The summed E-state index contributed by atoms with van der Waals surface area (Å²) in [5.41, 5.74) is 2.57. The zero-order valence-electron chi connectivity index (χ0n) is 29.8. The summed E-state index contributed by atoms with van der Waals surface area (Å²) in [4.78, 5) is 25.3. The van der Waals surface area contributed by atoms with Crippen molar-refractivity contribution >= 4 is 11.9 Å². The first kappa shape index (κ1) is 38.7. The molecule has 13 heteroatoms. The second kappa shape index (κ2) is 18.8. The minimum atomic E-state index is -1.20. The molecule has 6 rings (SSSR count). The molecule has 0 aliphatic carbocycles. The van der Waals surface area contributed by atoms with Gasteiger partial charge in [-0.15, -0.1) is 6.58 Å². The number of amides is 1. The van der Waals surface area contributed by atoms with E-state index in [1.807, 2.05) is 91.0 Å². The molecule has 53 heavy (non-hydrogen) atoms. The third-order valence-corrected chi connectivity index (χ3v) is 9.09. The van der Waals surface area contributed by atoms with Crippen molar-refractivity contribution < 1.29 is 57.3 Å². The topological polar surface area (TPSA) is 149 Å². The Morgan fingerprint density at radius 2 is 1.42 bits per heavy atom. The highest BCUT2D eigenvalue weighted by Crippen LogP contribution is 2.38. The second-order valence-electron chi connectivity index (χ2n) is 13.0. The smallest absolute Gasteiger partial charge is 0.303 e. The Morgan fingerprint density at radius 1 is 0.792 bits per heavy atom. The number of hydrogen-bond acceptors (Lipinski definition) is 12. The van der Waals surface area contributed by atoms with Crippen molar-refractivity contribution in [2.24, 2.45) is 0 Å². The van der Waals surface area contributed by atoms with Crippen molar-refractivity contribution in [3.63, 3.8) is 0 Å². The fourth-order valence-electron chi connectivity index (χ4n) is 6.74. The lowest BCUT2D eigenvalue weighted by molar-refractivity contribution is -0.377. The van der Waals surface area contributed by atoms with Crippen molar-refractivity contribution in [1.29, 1.82) is 0 Å². The molecule has 3 aromatic rings. The highest BCUT2D eigenvalue weighted by atomic mass is 16.8. The summed E-state index contributed by atoms with van der Waals surface area (Å²) in [7, 11) is 0. The number of rotatable bonds is 15. The van der Waals surface area contributed by atoms with Crippen LogP contribution in [0.15, 0.2) is 104 Å². The normalized spacial score (nSPS) is 31.2. The highest BCUT2D eigenvalue weighted by Gasteiger charge is 2.56. The third kappa shape index (κ3) is 9.95. The lowest BCUT2D eigenvalue weighted by atomic mass is 9.94. The molecule has 13 nitrogen and oxygen atoms in total. The van der Waals surface area contributed by atoms with Gasteiger partial charge in [-0.1, -0.05) is 97.1 Å². The molecule has 3 fully saturated rings. The van der Waals surface area contributed by atoms with Gasteiger partial charge in [-0.3, -0.25) is 9.59 Å². The van der Waals surface area contributed by atoms with Crippen LogP contribution >= 0.6 is 0 Å². The number of esters is 1. The Bertz CT molecular complexity index is 1600. The maximum absolute atomic E-state index is 12.9. The van der Waals surface area contributed by atoms with E-state index in [1.54, 1.807) is 0 Å². The summed E-state index contributed by atoms with van der Waals surface area (Å²) in [5, 5.41) is 13.7. The molecule has 0 spiro atoms. The highest BCUT2D eigenvalue weighted by molar-refractivity contribution is 5.73. The first-order valence-corrected chi connectivity index (χ1v) is 17.7. The molecule has 2 N–H and O–H groups in total. The van der Waals surface area contributed by atoms with Crippen LogP contribution in [0.4, 0.5) is 0 Å². The number of hydrogen-bond donors (Lipinski definition) is 2. The molecule has 3 aliphatic rings. The minimum Gasteiger partial charge on any atom is -0.454 e. The van der Waals surface area contributed by atoms with Crippen LogP contribution in [0, 0.1) is 0 Å². The number of carbonyl (C=O) groups is 2. The van der Waals surface area contributed by atoms with E-state index in [0.717, 1.165) is 16.7 Å². The van der Waals surface area contributed by atoms with Crippen LogP contribution in [0.5, 0.6) is 0 Å². The van der Waals surface area contributed by atoms with Gasteiger partial charge in [0.15, 0.2) is 25.0 Å². The quantitative estimate of drug-likeness (QED) is 0.173. The molecule has 3 aromatic carbocycles. The van der Waals surface area contributed by atoms with Gasteiger partial charge in [-0.25, -0.2) is 0 Å². The van der Waals surface area contributed by atoms with Gasteiger partial charge in [0.1, 0.15) is 42.7 Å². The van der Waals surface area contributed by atoms with Crippen LogP contribution in [0.3, 0.4) is 0 Å². The Morgan fingerprint density at radius 3 is 2.00 bits per heavy atom. The van der Waals surface area contributed by atoms with Crippen molar-refractivity contribution in [3.05, 3.63) is 120 Å². The molecule has 0 bridgehead atoms. The number of nitrogens with one attached hydrogen (secondary N) is 1. The van der Waals surface area contributed by atoms with Gasteiger partial charge in [0.05, 0.1) is 33.0 Å². The molecule has 0 radical (unpaired) electrons. The number of benzene rings is 3. The standard InChI is InChI=1S/C40H47NO12/c1-4-20-45-40-37(49-26(3)44)36(47-23-28-16-10-6-11-17-28)33(30(21-42)50-40)53-39-32(41-25(2)43)35(46-22-27-14-8-5-9-15-27)34-31(51-39)24-48-38(52-34)29-18-12-7-13-19-29/h4-19,30-40,42H,1,20-24H2,2-3H3,(H,41,43)/t30?,31?,32?,33?,34-,35?,36?,37?,38?,39-,40+/m0/s1. The summed E-state index contributed by atoms with van der Waals surface area (Å²) in [6.45, 7) is 6.34. The van der Waals surface area contributed by atoms with E-state index in [-0.39, 0.29) is 32.3 Å². The summed E-state index contributed by atoms with van der Waals surface area (Å²) >= 11 is 0. The number of fused-ring (bicyclic) bond motifs is 1. The maximum Gasteiger partial charge on any atom is 0.303 e. The van der Waals surface area contributed by atoms with E-state index in [9.17, 15) is 14.7 Å². The van der Waals surface area contributed by atoms with Gasteiger partial charge in [-0.2, -0.15) is 0 Å². The fourth-order valence-corrected chi connectivity index (χ4v) is 6.74. The molecule has 3 saturated heterocycles. The van der Waals surface area contributed by atoms with Gasteiger partial charge in [0.25, 0.3) is 0 Å². The van der Waals surface area contributed by atoms with Crippen molar-refractivity contribution in [2.45, 2.75) is 94.7 Å². The summed E-state index contributed by atoms with van der Waals surface area (Å²) in [6, 6.07) is 27.6. The van der Waals surface area contributed by atoms with Crippen LogP contribution in [0.25, 0.3) is 0 Å². The molecule has 1 amide bonds. The average Bonchev–Trinajstić information content (AvgIpc) is 3.17. The van der Waals surface area contributed by atoms with E-state index in [0.29, 0.717) is 0 Å². The molecular weight excluding hydrogens is 686 g/mol. The van der Waals surface area contributed by atoms with Gasteiger partial charge in [-0.05, 0) is 11.1 Å². The zero-order chi connectivity index (χ0) is 37.2. The minimum absolute atomic E-state index is 0.0708.